The lowest BCUT2D eigenvalue weighted by Gasteiger charge is -1.98. The average molecular weight is 225 g/mol. The second-order valence-electron chi connectivity index (χ2n) is 3.30. The van der Waals surface area contributed by atoms with Gasteiger partial charge in [0, 0.05) is 12.0 Å². The third-order valence-electron chi connectivity index (χ3n) is 2.11. The molecule has 15 heavy (non-hydrogen) atoms. The quantitative estimate of drug-likeness (QED) is 0.737. The van der Waals surface area contributed by atoms with Crippen LogP contribution in [0.3, 0.4) is 0 Å². The molecule has 1 rings (SSSR count). The molecule has 0 spiro atoms. The van der Waals surface area contributed by atoms with Gasteiger partial charge in [-0.05, 0) is 18.6 Å². The van der Waals surface area contributed by atoms with Crippen molar-refractivity contribution in [2.75, 3.05) is 11.5 Å². The molecule has 0 aliphatic heterocycles. The number of rotatable bonds is 4. The first-order valence-electron chi connectivity index (χ1n) is 4.84. The van der Waals surface area contributed by atoms with E-state index in [9.17, 15) is 8.42 Å². The van der Waals surface area contributed by atoms with E-state index in [0.717, 1.165) is 11.3 Å². The van der Waals surface area contributed by atoms with E-state index in [0.29, 0.717) is 0 Å². The highest BCUT2D eigenvalue weighted by atomic mass is 32.2. The van der Waals surface area contributed by atoms with Gasteiger partial charge in [0.2, 0.25) is 0 Å². The summed E-state index contributed by atoms with van der Waals surface area (Å²) in [7, 11) is -2.95. The molecule has 0 N–H and O–H groups in total. The van der Waals surface area contributed by atoms with Gasteiger partial charge in [0.15, 0.2) is 9.84 Å². The zero-order valence-corrected chi connectivity index (χ0v) is 9.79. The van der Waals surface area contributed by atoms with Crippen molar-refractivity contribution in [1.82, 2.24) is 0 Å². The number of para-hydroxylation sites is 1. The van der Waals surface area contributed by atoms with Crippen molar-refractivity contribution < 1.29 is 8.42 Å². The van der Waals surface area contributed by atoms with E-state index < -0.39 is 9.84 Å². The monoisotopic (exact) mass is 225 g/mol. The van der Waals surface area contributed by atoms with E-state index in [1.54, 1.807) is 6.92 Å². The van der Waals surface area contributed by atoms with Crippen LogP contribution in [0.25, 0.3) is 0 Å². The van der Waals surface area contributed by atoms with Crippen molar-refractivity contribution >= 4 is 21.7 Å². The number of sulfone groups is 1. The van der Waals surface area contributed by atoms with Gasteiger partial charge in [-0.2, -0.15) is 0 Å². The Hall–Kier alpha value is -1.16. The van der Waals surface area contributed by atoms with Crippen molar-refractivity contribution in [3.05, 3.63) is 29.8 Å². The fourth-order valence-electron chi connectivity index (χ4n) is 1.08. The summed E-state index contributed by atoms with van der Waals surface area (Å²) in [6, 6.07) is 7.62. The summed E-state index contributed by atoms with van der Waals surface area (Å²) in [5, 5.41) is 0. The van der Waals surface area contributed by atoms with Gasteiger partial charge in [0.25, 0.3) is 0 Å². The Morgan fingerprint density at radius 1 is 1.33 bits per heavy atom. The Morgan fingerprint density at radius 2 is 2.00 bits per heavy atom. The molecule has 0 atom stereocenters. The van der Waals surface area contributed by atoms with Crippen molar-refractivity contribution in [1.29, 1.82) is 0 Å². The zero-order valence-electron chi connectivity index (χ0n) is 8.97. The lowest BCUT2D eigenvalue weighted by Crippen LogP contribution is -2.09. The Morgan fingerprint density at radius 3 is 2.60 bits per heavy atom. The molecule has 4 heteroatoms. The first kappa shape index (κ1) is 11.9. The van der Waals surface area contributed by atoms with Crippen molar-refractivity contribution in [3.8, 4) is 0 Å². The average Bonchev–Trinajstić information content (AvgIpc) is 2.21. The predicted octanol–water partition coefficient (Wildman–Crippen LogP) is 2.13. The lowest BCUT2D eigenvalue weighted by atomic mass is 10.2. The summed E-state index contributed by atoms with van der Waals surface area (Å²) in [6.07, 6.45) is 1.46. The summed E-state index contributed by atoms with van der Waals surface area (Å²) in [5.41, 5.74) is 1.87. The molecule has 0 fully saturated rings. The molecule has 0 saturated heterocycles. The second-order valence-corrected chi connectivity index (χ2v) is 5.69. The van der Waals surface area contributed by atoms with Crippen LogP contribution in [0.1, 0.15) is 12.5 Å². The summed E-state index contributed by atoms with van der Waals surface area (Å²) < 4.78 is 22.4. The largest absolute Gasteiger partial charge is 0.260 e. The summed E-state index contributed by atoms with van der Waals surface area (Å²) in [4.78, 5) is 4.13. The van der Waals surface area contributed by atoms with E-state index in [-0.39, 0.29) is 11.5 Å². The predicted molar refractivity (Wildman–Crippen MR) is 63.7 cm³/mol. The molecule has 0 unspecified atom stereocenters. The van der Waals surface area contributed by atoms with Crippen LogP contribution in [-0.4, -0.2) is 26.1 Å². The molecule has 1 aromatic carbocycles. The van der Waals surface area contributed by atoms with Crippen molar-refractivity contribution in [2.45, 2.75) is 13.8 Å². The van der Waals surface area contributed by atoms with Crippen molar-refractivity contribution in [2.24, 2.45) is 4.99 Å². The van der Waals surface area contributed by atoms with E-state index in [1.165, 1.54) is 6.21 Å². The molecule has 3 nitrogen and oxygen atoms in total. The van der Waals surface area contributed by atoms with Gasteiger partial charge in [0.1, 0.15) is 0 Å². The molecular formula is C11H15NO2S. The first-order valence-corrected chi connectivity index (χ1v) is 6.66. The fraction of sp³-hybridized carbons (Fsp3) is 0.364. The van der Waals surface area contributed by atoms with Gasteiger partial charge in [0.05, 0.1) is 11.4 Å². The highest BCUT2D eigenvalue weighted by Gasteiger charge is 2.03. The zero-order chi connectivity index (χ0) is 11.3. The van der Waals surface area contributed by atoms with Crippen LogP contribution in [0.4, 0.5) is 5.69 Å². The smallest absolute Gasteiger partial charge is 0.155 e. The minimum Gasteiger partial charge on any atom is -0.260 e. The van der Waals surface area contributed by atoms with E-state index in [4.69, 9.17) is 0 Å². The normalized spacial score (nSPS) is 12.1. The van der Waals surface area contributed by atoms with E-state index in [2.05, 4.69) is 4.99 Å². The minimum absolute atomic E-state index is 0.0117. The van der Waals surface area contributed by atoms with Crippen LogP contribution < -0.4 is 0 Å². The summed E-state index contributed by atoms with van der Waals surface area (Å²) >= 11 is 0. The number of aliphatic imine (C=N–C) groups is 1. The molecular weight excluding hydrogens is 210 g/mol. The molecule has 0 aliphatic carbocycles. The third kappa shape index (κ3) is 3.83. The Balaban J connectivity index is 2.72. The number of aryl methyl sites for hydroxylation is 1. The molecule has 1 aromatic rings. The standard InChI is InChI=1S/C11H15NO2S/c1-3-15(13,14)9-8-12-11-7-5-4-6-10(11)2/h4-8H,3,9H2,1-2H3. The molecule has 82 valence electrons. The second kappa shape index (κ2) is 5.07. The maximum Gasteiger partial charge on any atom is 0.155 e. The maximum atomic E-state index is 11.2. The Kier molecular flexibility index (Phi) is 4.03. The van der Waals surface area contributed by atoms with Gasteiger partial charge in [-0.3, -0.25) is 4.99 Å². The van der Waals surface area contributed by atoms with Crippen LogP contribution in [-0.2, 0) is 9.84 Å². The molecule has 0 heterocycles. The highest BCUT2D eigenvalue weighted by molar-refractivity contribution is 7.91. The molecule has 0 aromatic heterocycles. The third-order valence-corrected chi connectivity index (χ3v) is 3.65. The van der Waals surface area contributed by atoms with Gasteiger partial charge in [-0.25, -0.2) is 8.42 Å². The van der Waals surface area contributed by atoms with E-state index in [1.807, 2.05) is 31.2 Å². The van der Waals surface area contributed by atoms with Crippen LogP contribution in [0.2, 0.25) is 0 Å². The van der Waals surface area contributed by atoms with Crippen LogP contribution in [0, 0.1) is 6.92 Å². The van der Waals surface area contributed by atoms with Crippen LogP contribution in [0.5, 0.6) is 0 Å². The highest BCUT2D eigenvalue weighted by Crippen LogP contribution is 2.16. The SMILES string of the molecule is CCS(=O)(=O)CC=Nc1ccccc1C. The lowest BCUT2D eigenvalue weighted by molar-refractivity contribution is 0.601. The van der Waals surface area contributed by atoms with Crippen molar-refractivity contribution in [3.63, 3.8) is 0 Å². The Bertz CT molecular complexity index is 449. The molecule has 0 aliphatic rings. The fourth-order valence-corrected chi connectivity index (χ4v) is 1.61. The molecule has 0 saturated carbocycles. The van der Waals surface area contributed by atoms with Gasteiger partial charge >= 0.3 is 0 Å². The number of benzene rings is 1. The Labute approximate surface area is 90.8 Å². The van der Waals surface area contributed by atoms with E-state index >= 15 is 0 Å². The van der Waals surface area contributed by atoms with Gasteiger partial charge in [-0.1, -0.05) is 25.1 Å². The molecule has 0 amide bonds. The number of hydrogen-bond donors (Lipinski definition) is 0. The number of hydrogen-bond acceptors (Lipinski definition) is 3. The molecule has 0 radical (unpaired) electrons. The van der Waals surface area contributed by atoms with Gasteiger partial charge in [-0.15, -0.1) is 0 Å². The summed E-state index contributed by atoms with van der Waals surface area (Å²) in [6.45, 7) is 3.58. The molecule has 0 bridgehead atoms. The van der Waals surface area contributed by atoms with Crippen LogP contribution >= 0.6 is 0 Å². The number of nitrogens with zero attached hydrogens (tertiary/aromatic N) is 1. The summed E-state index contributed by atoms with van der Waals surface area (Å²) in [5.74, 6) is 0.171. The minimum atomic E-state index is -2.95. The van der Waals surface area contributed by atoms with Crippen LogP contribution in [0.15, 0.2) is 29.3 Å². The van der Waals surface area contributed by atoms with Gasteiger partial charge < -0.3 is 0 Å². The first-order chi connectivity index (χ1) is 7.05. The topological polar surface area (TPSA) is 46.5 Å². The maximum absolute atomic E-state index is 11.2.